The summed E-state index contributed by atoms with van der Waals surface area (Å²) >= 11 is 0. The molecule has 21 heavy (non-hydrogen) atoms. The molecule has 1 saturated heterocycles. The molecule has 0 aromatic heterocycles. The summed E-state index contributed by atoms with van der Waals surface area (Å²) < 4.78 is 5.29. The third-order valence-corrected chi connectivity index (χ3v) is 3.76. The first-order valence-electron chi connectivity index (χ1n) is 6.76. The lowest BCUT2D eigenvalue weighted by Crippen LogP contribution is -2.64. The predicted molar refractivity (Wildman–Crippen MR) is 78.2 cm³/mol. The molecule has 2 amide bonds. The number of anilines is 1. The van der Waals surface area contributed by atoms with Gasteiger partial charge in [0.1, 0.15) is 11.3 Å². The zero-order valence-electron chi connectivity index (χ0n) is 12.6. The maximum absolute atomic E-state index is 12.1. The molecule has 0 radical (unpaired) electrons. The van der Waals surface area contributed by atoms with Crippen LogP contribution in [0.3, 0.4) is 0 Å². The number of nitrogens with one attached hydrogen (secondary N) is 1. The van der Waals surface area contributed by atoms with Gasteiger partial charge >= 0.3 is 0 Å². The lowest BCUT2D eigenvalue weighted by atomic mass is 9.95. The van der Waals surface area contributed by atoms with Crippen molar-refractivity contribution in [1.82, 2.24) is 5.32 Å². The van der Waals surface area contributed by atoms with Gasteiger partial charge in [0.2, 0.25) is 5.91 Å². The number of carbonyl (C=O) groups is 2. The number of piperazine rings is 1. The fraction of sp³-hybridized carbons (Fsp3) is 0.467. The van der Waals surface area contributed by atoms with E-state index in [-0.39, 0.29) is 18.4 Å². The average molecular weight is 292 g/mol. The topological polar surface area (TPSA) is 78.9 Å². The van der Waals surface area contributed by atoms with E-state index in [4.69, 9.17) is 4.74 Å². The molecule has 114 valence electrons. The molecule has 1 fully saturated rings. The van der Waals surface area contributed by atoms with E-state index in [1.807, 2.05) is 0 Å². The minimum absolute atomic E-state index is 0.0472. The molecular formula is C15H20N2O4. The largest absolute Gasteiger partial charge is 0.496 e. The maximum atomic E-state index is 12.1. The highest BCUT2D eigenvalue weighted by molar-refractivity contribution is 6.06. The van der Waals surface area contributed by atoms with Gasteiger partial charge < -0.3 is 14.7 Å². The third-order valence-electron chi connectivity index (χ3n) is 3.76. The van der Waals surface area contributed by atoms with Crippen LogP contribution in [0.25, 0.3) is 0 Å². The first-order chi connectivity index (χ1) is 9.78. The summed E-state index contributed by atoms with van der Waals surface area (Å²) in [4.78, 5) is 25.5. The number of hydrogen-bond donors (Lipinski definition) is 2. The van der Waals surface area contributed by atoms with Crippen LogP contribution in [-0.4, -0.2) is 36.1 Å². The maximum Gasteiger partial charge on any atom is 0.251 e. The number of carbonyl (C=O) groups excluding carboxylic acids is 2. The van der Waals surface area contributed by atoms with Gasteiger partial charge in [-0.2, -0.15) is 0 Å². The second-order valence-corrected chi connectivity index (χ2v) is 5.59. The zero-order valence-corrected chi connectivity index (χ0v) is 12.6. The Labute approximate surface area is 123 Å². The Hall–Kier alpha value is -2.08. The highest BCUT2D eigenvalue weighted by Gasteiger charge is 2.42. The molecule has 0 unspecified atom stereocenters. The highest BCUT2D eigenvalue weighted by atomic mass is 16.5. The van der Waals surface area contributed by atoms with Crippen molar-refractivity contribution in [3.05, 3.63) is 23.8 Å². The zero-order chi connectivity index (χ0) is 15.8. The van der Waals surface area contributed by atoms with Gasteiger partial charge in [-0.1, -0.05) is 6.07 Å². The molecular weight excluding hydrogens is 272 g/mol. The minimum Gasteiger partial charge on any atom is -0.496 e. The van der Waals surface area contributed by atoms with E-state index in [9.17, 15) is 14.7 Å². The standard InChI is InChI=1S/C15H20N2O4/c1-9(18)13-10(6-5-7-11(13)21-4)17-8-12(19)16-14(20)15(17,2)3/h5-7,9,18H,8H2,1-4H3,(H,16,19,20)/t9-/m0/s1. The Bertz CT molecular complexity index is 581. The number of benzene rings is 1. The molecule has 0 bridgehead atoms. The lowest BCUT2D eigenvalue weighted by molar-refractivity contribution is -0.135. The Morgan fingerprint density at radius 3 is 2.62 bits per heavy atom. The number of hydrogen-bond acceptors (Lipinski definition) is 5. The molecule has 2 rings (SSSR count). The number of methoxy groups -OCH3 is 1. The summed E-state index contributed by atoms with van der Waals surface area (Å²) in [6.07, 6.45) is -0.785. The summed E-state index contributed by atoms with van der Waals surface area (Å²) in [6, 6.07) is 5.29. The summed E-state index contributed by atoms with van der Waals surface area (Å²) in [7, 11) is 1.52. The van der Waals surface area contributed by atoms with E-state index in [0.717, 1.165) is 0 Å². The highest BCUT2D eigenvalue weighted by Crippen LogP contribution is 2.38. The monoisotopic (exact) mass is 292 g/mol. The molecule has 1 heterocycles. The average Bonchev–Trinajstić information content (AvgIpc) is 2.42. The number of ether oxygens (including phenoxy) is 1. The second-order valence-electron chi connectivity index (χ2n) is 5.59. The number of nitrogens with zero attached hydrogens (tertiary/aromatic N) is 1. The van der Waals surface area contributed by atoms with Crippen LogP contribution >= 0.6 is 0 Å². The van der Waals surface area contributed by atoms with E-state index in [0.29, 0.717) is 17.0 Å². The van der Waals surface area contributed by atoms with Crippen molar-refractivity contribution < 1.29 is 19.4 Å². The molecule has 0 spiro atoms. The van der Waals surface area contributed by atoms with Gasteiger partial charge in [-0.15, -0.1) is 0 Å². The van der Waals surface area contributed by atoms with Gasteiger partial charge in [-0.3, -0.25) is 14.9 Å². The Balaban J connectivity index is 2.59. The van der Waals surface area contributed by atoms with E-state index in [1.54, 1.807) is 43.9 Å². The smallest absolute Gasteiger partial charge is 0.251 e. The number of amides is 2. The number of rotatable bonds is 3. The predicted octanol–water partition coefficient (Wildman–Crippen LogP) is 0.990. The lowest BCUT2D eigenvalue weighted by Gasteiger charge is -2.43. The Morgan fingerprint density at radius 1 is 1.38 bits per heavy atom. The quantitative estimate of drug-likeness (QED) is 0.812. The SMILES string of the molecule is COc1cccc(N2CC(=O)NC(=O)C2(C)C)c1[C@H](C)O. The summed E-state index contributed by atoms with van der Waals surface area (Å²) in [5.74, 6) is -0.200. The van der Waals surface area contributed by atoms with E-state index in [2.05, 4.69) is 5.32 Å². The van der Waals surface area contributed by atoms with Crippen LogP contribution < -0.4 is 15.0 Å². The van der Waals surface area contributed by atoms with Crippen molar-refractivity contribution in [3.63, 3.8) is 0 Å². The van der Waals surface area contributed by atoms with Crippen molar-refractivity contribution in [2.45, 2.75) is 32.4 Å². The van der Waals surface area contributed by atoms with Crippen LogP contribution in [0.5, 0.6) is 5.75 Å². The van der Waals surface area contributed by atoms with Crippen molar-refractivity contribution >= 4 is 17.5 Å². The van der Waals surface area contributed by atoms with Gasteiger partial charge in [-0.25, -0.2) is 0 Å². The van der Waals surface area contributed by atoms with Gasteiger partial charge in [-0.05, 0) is 32.9 Å². The first kappa shape index (κ1) is 15.3. The van der Waals surface area contributed by atoms with Crippen LogP contribution in [0.1, 0.15) is 32.4 Å². The number of aliphatic hydroxyl groups is 1. The van der Waals surface area contributed by atoms with E-state index in [1.165, 1.54) is 7.11 Å². The molecule has 2 N–H and O–H groups in total. The third kappa shape index (κ3) is 2.58. The minimum atomic E-state index is -0.899. The first-order valence-corrected chi connectivity index (χ1v) is 6.76. The van der Waals surface area contributed by atoms with E-state index < -0.39 is 11.6 Å². The van der Waals surface area contributed by atoms with Crippen LogP contribution in [-0.2, 0) is 9.59 Å². The van der Waals surface area contributed by atoms with Crippen molar-refractivity contribution in [2.75, 3.05) is 18.6 Å². The molecule has 1 aliphatic heterocycles. The van der Waals surface area contributed by atoms with Crippen LogP contribution in [0, 0.1) is 0 Å². The normalized spacial score (nSPS) is 19.2. The molecule has 1 atom stereocenters. The fourth-order valence-electron chi connectivity index (χ4n) is 2.53. The Kier molecular flexibility index (Phi) is 3.91. The van der Waals surface area contributed by atoms with Crippen molar-refractivity contribution in [1.29, 1.82) is 0 Å². The molecule has 1 aliphatic rings. The fourth-order valence-corrected chi connectivity index (χ4v) is 2.53. The van der Waals surface area contributed by atoms with Crippen LogP contribution in [0.2, 0.25) is 0 Å². The van der Waals surface area contributed by atoms with Crippen molar-refractivity contribution in [3.8, 4) is 5.75 Å². The van der Waals surface area contributed by atoms with Gasteiger partial charge in [0, 0.05) is 11.3 Å². The van der Waals surface area contributed by atoms with Gasteiger partial charge in [0.25, 0.3) is 5.91 Å². The molecule has 0 aliphatic carbocycles. The summed E-state index contributed by atoms with van der Waals surface area (Å²) in [6.45, 7) is 5.14. The van der Waals surface area contributed by atoms with Crippen molar-refractivity contribution in [2.24, 2.45) is 0 Å². The summed E-state index contributed by atoms with van der Waals surface area (Å²) in [5, 5.41) is 12.4. The van der Waals surface area contributed by atoms with Gasteiger partial charge in [0.05, 0.1) is 19.8 Å². The summed E-state index contributed by atoms with van der Waals surface area (Å²) in [5.41, 5.74) is 0.289. The Morgan fingerprint density at radius 2 is 2.05 bits per heavy atom. The molecule has 6 nitrogen and oxygen atoms in total. The van der Waals surface area contributed by atoms with Crippen LogP contribution in [0.15, 0.2) is 18.2 Å². The van der Waals surface area contributed by atoms with E-state index >= 15 is 0 Å². The second kappa shape index (κ2) is 5.37. The number of aliphatic hydroxyl groups excluding tert-OH is 1. The molecule has 1 aromatic carbocycles. The van der Waals surface area contributed by atoms with Gasteiger partial charge in [0.15, 0.2) is 0 Å². The molecule has 0 saturated carbocycles. The van der Waals surface area contributed by atoms with Crippen LogP contribution in [0.4, 0.5) is 5.69 Å². The molecule has 1 aromatic rings. The number of imide groups is 1. The molecule has 6 heteroatoms.